The highest BCUT2D eigenvalue weighted by Crippen LogP contribution is 2.33. The molecule has 0 amide bonds. The summed E-state index contributed by atoms with van der Waals surface area (Å²) >= 11 is 5.93. The number of hydrogen-bond acceptors (Lipinski definition) is 3. The van der Waals surface area contributed by atoms with Gasteiger partial charge in [0.05, 0.1) is 6.61 Å². The van der Waals surface area contributed by atoms with Crippen molar-refractivity contribution in [3.63, 3.8) is 0 Å². The summed E-state index contributed by atoms with van der Waals surface area (Å²) in [7, 11) is 0. The maximum absolute atomic E-state index is 14.2. The molecule has 7 heteroatoms. The quantitative estimate of drug-likeness (QED) is 0.319. The fourth-order valence-corrected chi connectivity index (χ4v) is 3.16. The van der Waals surface area contributed by atoms with E-state index in [-0.39, 0.29) is 12.4 Å². The molecule has 0 heterocycles. The Labute approximate surface area is 184 Å². The number of hydrogen-bond donors (Lipinski definition) is 0. The summed E-state index contributed by atoms with van der Waals surface area (Å²) in [4.78, 5) is 0. The van der Waals surface area contributed by atoms with Gasteiger partial charge < -0.3 is 9.47 Å². The van der Waals surface area contributed by atoms with E-state index < -0.39 is 24.1 Å². The molecule has 3 rings (SSSR count). The maximum Gasteiger partial charge on any atom is 0.347 e. The molecule has 0 spiro atoms. The Balaban J connectivity index is 1.77. The number of rotatable bonds is 9. The Morgan fingerprint density at radius 2 is 1.61 bits per heavy atom. The van der Waals surface area contributed by atoms with Crippen molar-refractivity contribution in [3.05, 3.63) is 94.8 Å². The third-order valence-corrected chi connectivity index (χ3v) is 5.02. The predicted molar refractivity (Wildman–Crippen MR) is 113 cm³/mol. The van der Waals surface area contributed by atoms with Gasteiger partial charge >= 0.3 is 6.61 Å². The van der Waals surface area contributed by atoms with Crippen molar-refractivity contribution >= 4 is 11.6 Å². The molecule has 0 aliphatic carbocycles. The van der Waals surface area contributed by atoms with Crippen molar-refractivity contribution in [1.82, 2.24) is 0 Å². The molecule has 164 valence electrons. The molecular formula is C24H22ClF3O3. The monoisotopic (exact) mass is 450 g/mol. The smallest absolute Gasteiger partial charge is 0.347 e. The van der Waals surface area contributed by atoms with Crippen LogP contribution in [0.5, 0.6) is 11.5 Å². The summed E-state index contributed by atoms with van der Waals surface area (Å²) in [5, 5.41) is 0.532. The van der Waals surface area contributed by atoms with Gasteiger partial charge in [-0.25, -0.2) is 4.39 Å². The molecule has 3 aromatic rings. The van der Waals surface area contributed by atoms with Crippen molar-refractivity contribution in [1.29, 1.82) is 0 Å². The van der Waals surface area contributed by atoms with Gasteiger partial charge in [0, 0.05) is 10.4 Å². The van der Waals surface area contributed by atoms with E-state index >= 15 is 0 Å². The number of ether oxygens (including phenoxy) is 3. The van der Waals surface area contributed by atoms with Gasteiger partial charge in [-0.15, -0.1) is 0 Å². The molecular weight excluding hydrogens is 429 g/mol. The predicted octanol–water partition coefficient (Wildman–Crippen LogP) is 7.33. The zero-order valence-corrected chi connectivity index (χ0v) is 17.8. The van der Waals surface area contributed by atoms with E-state index in [0.29, 0.717) is 16.3 Å². The minimum atomic E-state index is -3.03. The fraction of sp³-hybridized carbons (Fsp3) is 0.250. The van der Waals surface area contributed by atoms with Crippen LogP contribution in [0.4, 0.5) is 13.2 Å². The number of para-hydroxylation sites is 1. The van der Waals surface area contributed by atoms with Crippen LogP contribution in [0.3, 0.4) is 0 Å². The van der Waals surface area contributed by atoms with Gasteiger partial charge in [0.25, 0.3) is 0 Å². The third-order valence-electron chi connectivity index (χ3n) is 4.77. The molecule has 0 bridgehead atoms. The van der Waals surface area contributed by atoms with Crippen LogP contribution >= 0.6 is 11.6 Å². The Kier molecular flexibility index (Phi) is 7.59. The fourth-order valence-electron chi connectivity index (χ4n) is 3.03. The van der Waals surface area contributed by atoms with Gasteiger partial charge in [-0.3, -0.25) is 4.74 Å². The minimum absolute atomic E-state index is 0.00980. The molecule has 0 saturated heterocycles. The third kappa shape index (κ3) is 6.23. The number of halogens is 4. The average Bonchev–Trinajstić information content (AvgIpc) is 2.74. The molecule has 3 aromatic carbocycles. The van der Waals surface area contributed by atoms with E-state index in [1.165, 1.54) is 18.2 Å². The molecule has 1 atom stereocenters. The van der Waals surface area contributed by atoms with Crippen LogP contribution in [0.1, 0.15) is 25.0 Å². The summed E-state index contributed by atoms with van der Waals surface area (Å²) < 4.78 is 56.4. The van der Waals surface area contributed by atoms with E-state index in [4.69, 9.17) is 25.8 Å². The second kappa shape index (κ2) is 10.2. The van der Waals surface area contributed by atoms with Crippen LogP contribution in [0, 0.1) is 5.82 Å². The largest absolute Gasteiger partial charge is 0.454 e. The molecule has 0 radical (unpaired) electrons. The first-order chi connectivity index (χ1) is 14.8. The Bertz CT molecular complexity index is 979. The molecule has 3 nitrogen and oxygen atoms in total. The minimum Gasteiger partial charge on any atom is -0.454 e. The van der Waals surface area contributed by atoms with Gasteiger partial charge in [0.2, 0.25) is 0 Å². The van der Waals surface area contributed by atoms with Crippen LogP contribution in [0.15, 0.2) is 72.8 Å². The van der Waals surface area contributed by atoms with Crippen molar-refractivity contribution < 1.29 is 27.4 Å². The number of benzene rings is 3. The second-order valence-electron chi connectivity index (χ2n) is 7.45. The zero-order valence-electron chi connectivity index (χ0n) is 17.0. The summed E-state index contributed by atoms with van der Waals surface area (Å²) in [5.74, 6) is -0.0627. The molecule has 0 saturated carbocycles. The standard InChI is InChI=1S/C24H22ClF3O3/c1-24(2,17-9-11-18(25)12-10-17)22(31-23(27)28)29-15-16-8-13-20(26)21(14-16)30-19-6-4-3-5-7-19/h3-14,22-23H,15H2,1-2H3. The van der Waals surface area contributed by atoms with Crippen LogP contribution in [-0.4, -0.2) is 12.9 Å². The molecule has 31 heavy (non-hydrogen) atoms. The van der Waals surface area contributed by atoms with Crippen LogP contribution < -0.4 is 4.74 Å². The molecule has 0 fully saturated rings. The first kappa shape index (κ1) is 23.1. The van der Waals surface area contributed by atoms with Crippen molar-refractivity contribution in [3.8, 4) is 11.5 Å². The lowest BCUT2D eigenvalue weighted by Gasteiger charge is -2.34. The van der Waals surface area contributed by atoms with Crippen molar-refractivity contribution in [2.75, 3.05) is 0 Å². The van der Waals surface area contributed by atoms with Gasteiger partial charge in [0.1, 0.15) is 5.75 Å². The highest BCUT2D eigenvalue weighted by Gasteiger charge is 2.35. The summed E-state index contributed by atoms with van der Waals surface area (Å²) in [5.41, 5.74) is 0.349. The molecule has 0 aliphatic rings. The van der Waals surface area contributed by atoms with Crippen molar-refractivity contribution in [2.24, 2.45) is 0 Å². The Hall–Kier alpha value is -2.54. The van der Waals surface area contributed by atoms with E-state index in [9.17, 15) is 13.2 Å². The lowest BCUT2D eigenvalue weighted by atomic mass is 9.84. The lowest BCUT2D eigenvalue weighted by molar-refractivity contribution is -0.270. The highest BCUT2D eigenvalue weighted by molar-refractivity contribution is 6.30. The highest BCUT2D eigenvalue weighted by atomic mass is 35.5. The van der Waals surface area contributed by atoms with Gasteiger partial charge in [-0.2, -0.15) is 8.78 Å². The normalized spacial score (nSPS) is 12.7. The first-order valence-electron chi connectivity index (χ1n) is 9.58. The van der Waals surface area contributed by atoms with Crippen LogP contribution in [-0.2, 0) is 21.5 Å². The summed E-state index contributed by atoms with van der Waals surface area (Å²) in [6.07, 6.45) is -1.27. The molecule has 0 aromatic heterocycles. The molecule has 0 N–H and O–H groups in total. The summed E-state index contributed by atoms with van der Waals surface area (Å²) in [6.45, 7) is 0.358. The Morgan fingerprint density at radius 1 is 0.935 bits per heavy atom. The van der Waals surface area contributed by atoms with E-state index in [2.05, 4.69) is 0 Å². The van der Waals surface area contributed by atoms with Gasteiger partial charge in [-0.05, 0) is 47.5 Å². The van der Waals surface area contributed by atoms with Crippen LogP contribution in [0.2, 0.25) is 5.02 Å². The zero-order chi connectivity index (χ0) is 22.4. The van der Waals surface area contributed by atoms with E-state index in [0.717, 1.165) is 5.56 Å². The average molecular weight is 451 g/mol. The van der Waals surface area contributed by atoms with E-state index in [1.807, 2.05) is 6.07 Å². The first-order valence-corrected chi connectivity index (χ1v) is 9.96. The summed E-state index contributed by atoms with van der Waals surface area (Å²) in [6, 6.07) is 19.8. The maximum atomic E-state index is 14.2. The second-order valence-corrected chi connectivity index (χ2v) is 7.88. The number of alkyl halides is 2. The lowest BCUT2D eigenvalue weighted by Crippen LogP contribution is -2.39. The van der Waals surface area contributed by atoms with E-state index in [1.54, 1.807) is 62.4 Å². The topological polar surface area (TPSA) is 27.7 Å². The van der Waals surface area contributed by atoms with Crippen LogP contribution in [0.25, 0.3) is 0 Å². The molecule has 0 aliphatic heterocycles. The Morgan fingerprint density at radius 3 is 2.26 bits per heavy atom. The SMILES string of the molecule is CC(C)(c1ccc(Cl)cc1)C(OCc1ccc(F)c(Oc2ccccc2)c1)OC(F)F. The molecule has 1 unspecified atom stereocenters. The van der Waals surface area contributed by atoms with Gasteiger partial charge in [-0.1, -0.05) is 61.8 Å². The van der Waals surface area contributed by atoms with Gasteiger partial charge in [0.15, 0.2) is 17.9 Å². The van der Waals surface area contributed by atoms with Crippen molar-refractivity contribution in [2.45, 2.75) is 38.8 Å².